The third kappa shape index (κ3) is 1.47. The molecule has 0 aromatic heterocycles. The predicted octanol–water partition coefficient (Wildman–Crippen LogP) is 3.02. The smallest absolute Gasteiger partial charge is 0.126 e. The number of carbonyl (C=O) groups excluding carboxylic acids is 1. The van der Waals surface area contributed by atoms with E-state index in [2.05, 4.69) is 38.1 Å². The van der Waals surface area contributed by atoms with Crippen LogP contribution in [0.4, 0.5) is 0 Å². The molecule has 74 valence electrons. The lowest BCUT2D eigenvalue weighted by molar-refractivity contribution is -0.112. The van der Waals surface area contributed by atoms with Crippen molar-refractivity contribution in [1.82, 2.24) is 0 Å². The van der Waals surface area contributed by atoms with Crippen molar-refractivity contribution in [3.05, 3.63) is 35.9 Å². The van der Waals surface area contributed by atoms with Crippen molar-refractivity contribution < 1.29 is 4.79 Å². The normalized spacial score (nSPS) is 32.3. The first-order valence-corrected chi connectivity index (χ1v) is 5.18. The summed E-state index contributed by atoms with van der Waals surface area (Å²) in [6, 6.07) is 10.4. The molecule has 0 saturated heterocycles. The maximum Gasteiger partial charge on any atom is 0.126 e. The van der Waals surface area contributed by atoms with E-state index in [1.54, 1.807) is 0 Å². The Labute approximate surface area is 85.1 Å². The SMILES string of the molecule is C[C@H](c1ccccc1)C1CC1(C)C=O. The van der Waals surface area contributed by atoms with E-state index in [1.807, 2.05) is 6.07 Å². The first kappa shape index (κ1) is 9.45. The molecular weight excluding hydrogens is 172 g/mol. The molecule has 1 saturated carbocycles. The number of aldehydes is 1. The molecule has 1 fully saturated rings. The van der Waals surface area contributed by atoms with E-state index in [4.69, 9.17) is 0 Å². The number of hydrogen-bond acceptors (Lipinski definition) is 1. The maximum absolute atomic E-state index is 10.8. The summed E-state index contributed by atoms with van der Waals surface area (Å²) in [6.45, 7) is 4.28. The fraction of sp³-hybridized carbons (Fsp3) is 0.462. The minimum Gasteiger partial charge on any atom is -0.303 e. The van der Waals surface area contributed by atoms with Gasteiger partial charge < -0.3 is 4.79 Å². The van der Waals surface area contributed by atoms with Gasteiger partial charge in [0.2, 0.25) is 0 Å². The van der Waals surface area contributed by atoms with Crippen LogP contribution < -0.4 is 0 Å². The monoisotopic (exact) mass is 188 g/mol. The van der Waals surface area contributed by atoms with Crippen LogP contribution in [0.3, 0.4) is 0 Å². The van der Waals surface area contributed by atoms with Gasteiger partial charge in [0.05, 0.1) is 0 Å². The number of rotatable bonds is 3. The second kappa shape index (κ2) is 3.23. The van der Waals surface area contributed by atoms with E-state index >= 15 is 0 Å². The summed E-state index contributed by atoms with van der Waals surface area (Å²) < 4.78 is 0. The fourth-order valence-corrected chi connectivity index (χ4v) is 2.29. The molecular formula is C13H16O. The Morgan fingerprint density at radius 1 is 1.43 bits per heavy atom. The highest BCUT2D eigenvalue weighted by Crippen LogP contribution is 2.57. The van der Waals surface area contributed by atoms with Crippen LogP contribution in [0.2, 0.25) is 0 Å². The van der Waals surface area contributed by atoms with Crippen LogP contribution in [0.15, 0.2) is 30.3 Å². The van der Waals surface area contributed by atoms with Gasteiger partial charge >= 0.3 is 0 Å². The zero-order valence-electron chi connectivity index (χ0n) is 8.73. The first-order chi connectivity index (χ1) is 6.67. The van der Waals surface area contributed by atoms with E-state index in [9.17, 15) is 4.79 Å². The fourth-order valence-electron chi connectivity index (χ4n) is 2.29. The van der Waals surface area contributed by atoms with Crippen molar-refractivity contribution in [3.63, 3.8) is 0 Å². The van der Waals surface area contributed by atoms with Crippen molar-refractivity contribution in [2.45, 2.75) is 26.2 Å². The van der Waals surface area contributed by atoms with Gasteiger partial charge in [0, 0.05) is 5.41 Å². The van der Waals surface area contributed by atoms with E-state index in [0.29, 0.717) is 11.8 Å². The van der Waals surface area contributed by atoms with E-state index in [-0.39, 0.29) is 5.41 Å². The van der Waals surface area contributed by atoms with Gasteiger partial charge in [0.15, 0.2) is 0 Å². The highest BCUT2D eigenvalue weighted by molar-refractivity contribution is 5.64. The van der Waals surface area contributed by atoms with Crippen molar-refractivity contribution >= 4 is 6.29 Å². The van der Waals surface area contributed by atoms with Gasteiger partial charge in [-0.2, -0.15) is 0 Å². The van der Waals surface area contributed by atoms with Crippen LogP contribution in [0, 0.1) is 11.3 Å². The molecule has 2 rings (SSSR count). The topological polar surface area (TPSA) is 17.1 Å². The lowest BCUT2D eigenvalue weighted by Crippen LogP contribution is -2.05. The molecule has 0 N–H and O–H groups in total. The van der Waals surface area contributed by atoms with Crippen LogP contribution >= 0.6 is 0 Å². The van der Waals surface area contributed by atoms with Crippen molar-refractivity contribution in [1.29, 1.82) is 0 Å². The Balaban J connectivity index is 2.12. The largest absolute Gasteiger partial charge is 0.303 e. The summed E-state index contributed by atoms with van der Waals surface area (Å²) in [5.74, 6) is 1.05. The molecule has 0 radical (unpaired) electrons. The van der Waals surface area contributed by atoms with E-state index in [1.165, 1.54) is 5.56 Å². The number of carbonyl (C=O) groups is 1. The molecule has 0 amide bonds. The average Bonchev–Trinajstić information content (AvgIpc) is 2.92. The van der Waals surface area contributed by atoms with Gasteiger partial charge in [0.1, 0.15) is 6.29 Å². The quantitative estimate of drug-likeness (QED) is 0.666. The third-order valence-electron chi connectivity index (χ3n) is 3.54. The first-order valence-electron chi connectivity index (χ1n) is 5.18. The summed E-state index contributed by atoms with van der Waals surface area (Å²) in [5.41, 5.74) is 1.30. The van der Waals surface area contributed by atoms with Crippen LogP contribution in [0.1, 0.15) is 31.7 Å². The van der Waals surface area contributed by atoms with Crippen molar-refractivity contribution in [3.8, 4) is 0 Å². The third-order valence-corrected chi connectivity index (χ3v) is 3.54. The molecule has 0 heterocycles. The Kier molecular flexibility index (Phi) is 2.18. The lowest BCUT2D eigenvalue weighted by atomic mass is 9.92. The van der Waals surface area contributed by atoms with Gasteiger partial charge in [-0.3, -0.25) is 0 Å². The van der Waals surface area contributed by atoms with Gasteiger partial charge in [-0.25, -0.2) is 0 Å². The van der Waals surface area contributed by atoms with E-state index in [0.717, 1.165) is 12.7 Å². The second-order valence-corrected chi connectivity index (χ2v) is 4.63. The molecule has 3 atom stereocenters. The summed E-state index contributed by atoms with van der Waals surface area (Å²) in [6.07, 6.45) is 2.17. The molecule has 1 nitrogen and oxygen atoms in total. The molecule has 1 aromatic rings. The van der Waals surface area contributed by atoms with Gasteiger partial charge in [-0.15, -0.1) is 0 Å². The summed E-state index contributed by atoms with van der Waals surface area (Å²) in [4.78, 5) is 10.8. The molecule has 0 spiro atoms. The van der Waals surface area contributed by atoms with Crippen LogP contribution in [-0.2, 0) is 4.79 Å². The highest BCUT2D eigenvalue weighted by Gasteiger charge is 2.52. The van der Waals surface area contributed by atoms with Crippen LogP contribution in [0.25, 0.3) is 0 Å². The van der Waals surface area contributed by atoms with Gasteiger partial charge in [0.25, 0.3) is 0 Å². The van der Waals surface area contributed by atoms with Gasteiger partial charge in [-0.1, -0.05) is 44.2 Å². The maximum atomic E-state index is 10.8. The minimum absolute atomic E-state index is 0.0464. The average molecular weight is 188 g/mol. The van der Waals surface area contributed by atoms with Crippen LogP contribution in [-0.4, -0.2) is 6.29 Å². The Morgan fingerprint density at radius 3 is 2.57 bits per heavy atom. The highest BCUT2D eigenvalue weighted by atomic mass is 16.1. The molecule has 1 aliphatic rings. The summed E-state index contributed by atoms with van der Waals surface area (Å²) >= 11 is 0. The van der Waals surface area contributed by atoms with E-state index < -0.39 is 0 Å². The summed E-state index contributed by atoms with van der Waals surface area (Å²) in [7, 11) is 0. The molecule has 2 unspecified atom stereocenters. The van der Waals surface area contributed by atoms with Gasteiger partial charge in [-0.05, 0) is 23.8 Å². The molecule has 14 heavy (non-hydrogen) atoms. The molecule has 1 aromatic carbocycles. The minimum atomic E-state index is -0.0464. The summed E-state index contributed by atoms with van der Waals surface area (Å²) in [5, 5.41) is 0. The number of benzene rings is 1. The molecule has 0 bridgehead atoms. The molecule has 1 heteroatoms. The zero-order valence-corrected chi connectivity index (χ0v) is 8.73. The molecule has 1 aliphatic carbocycles. The Hall–Kier alpha value is -1.11. The molecule has 0 aliphatic heterocycles. The standard InChI is InChI=1S/C13H16O/c1-10(11-6-4-3-5-7-11)12-8-13(12,2)9-14/h3-7,9-10,12H,8H2,1-2H3/t10-,12?,13?/m1/s1. The second-order valence-electron chi connectivity index (χ2n) is 4.63. The van der Waals surface area contributed by atoms with Crippen molar-refractivity contribution in [2.24, 2.45) is 11.3 Å². The zero-order chi connectivity index (χ0) is 10.2. The Morgan fingerprint density at radius 2 is 2.07 bits per heavy atom. The lowest BCUT2D eigenvalue weighted by Gasteiger charge is -2.12. The van der Waals surface area contributed by atoms with Crippen LogP contribution in [0.5, 0.6) is 0 Å². The van der Waals surface area contributed by atoms with Crippen molar-refractivity contribution in [2.75, 3.05) is 0 Å². The predicted molar refractivity (Wildman–Crippen MR) is 57.1 cm³/mol. The Bertz CT molecular complexity index is 330. The number of hydrogen-bond donors (Lipinski definition) is 0.